The first-order chi connectivity index (χ1) is 11.7. The second-order valence-electron chi connectivity index (χ2n) is 6.46. The van der Waals surface area contributed by atoms with Crippen molar-refractivity contribution in [2.75, 3.05) is 38.2 Å². The number of carbonyl (C=O) groups is 1. The molecule has 1 fully saturated rings. The number of anilines is 1. The third-order valence-corrected chi connectivity index (χ3v) is 5.03. The standard InChI is InChI=1S/C17H24Cl3N3O2/c1-12(2)15(24)21-16(17(18,19)20)23-10-8-22(9-11-23)13-6-4-5-7-14(13)25-3/h4-7,12,16H,8-11H2,1-3H3,(H,21,24)/p+1/t16-/m1/s1. The minimum Gasteiger partial charge on any atom is -0.495 e. The molecule has 0 spiro atoms. The van der Waals surface area contributed by atoms with Gasteiger partial charge in [0.15, 0.2) is 0 Å². The van der Waals surface area contributed by atoms with Crippen LogP contribution in [0, 0.1) is 5.92 Å². The molecule has 25 heavy (non-hydrogen) atoms. The number of hydrogen-bond donors (Lipinski definition) is 2. The maximum absolute atomic E-state index is 12.1. The maximum atomic E-state index is 12.1. The van der Waals surface area contributed by atoms with Crippen LogP contribution < -0.4 is 19.9 Å². The summed E-state index contributed by atoms with van der Waals surface area (Å²) in [5.74, 6) is 0.567. The number of benzene rings is 1. The predicted octanol–water partition coefficient (Wildman–Crippen LogP) is 1.87. The third-order valence-electron chi connectivity index (χ3n) is 4.38. The Kier molecular flexibility index (Phi) is 7.09. The molecular formula is C17H25Cl3N3O2+. The van der Waals surface area contributed by atoms with Crippen LogP contribution in [0.1, 0.15) is 13.8 Å². The normalized spacial score (nSPS) is 17.5. The van der Waals surface area contributed by atoms with Crippen LogP contribution in [0.5, 0.6) is 5.75 Å². The molecule has 1 aliphatic heterocycles. The number of nitrogens with one attached hydrogen (secondary N) is 2. The zero-order valence-electron chi connectivity index (χ0n) is 14.7. The number of nitrogens with zero attached hydrogens (tertiary/aromatic N) is 1. The fourth-order valence-electron chi connectivity index (χ4n) is 2.94. The number of alkyl halides is 3. The highest BCUT2D eigenvalue weighted by Crippen LogP contribution is 2.29. The van der Waals surface area contributed by atoms with Crippen LogP contribution in [-0.4, -0.2) is 49.2 Å². The van der Waals surface area contributed by atoms with Gasteiger partial charge in [-0.15, -0.1) is 0 Å². The zero-order chi connectivity index (χ0) is 18.6. The van der Waals surface area contributed by atoms with E-state index in [9.17, 15) is 4.79 Å². The van der Waals surface area contributed by atoms with Gasteiger partial charge >= 0.3 is 0 Å². The van der Waals surface area contributed by atoms with Gasteiger partial charge in [0, 0.05) is 5.92 Å². The first-order valence-corrected chi connectivity index (χ1v) is 9.47. The van der Waals surface area contributed by atoms with E-state index >= 15 is 0 Å². The molecule has 2 N–H and O–H groups in total. The molecule has 1 atom stereocenters. The van der Waals surface area contributed by atoms with Crippen LogP contribution in [-0.2, 0) is 4.79 Å². The number of halogens is 3. The van der Waals surface area contributed by atoms with Crippen LogP contribution >= 0.6 is 34.8 Å². The molecule has 2 rings (SSSR count). The van der Waals surface area contributed by atoms with E-state index in [1.54, 1.807) is 7.11 Å². The molecule has 1 aliphatic rings. The van der Waals surface area contributed by atoms with Crippen LogP contribution in [0.2, 0.25) is 0 Å². The second-order valence-corrected chi connectivity index (χ2v) is 8.82. The van der Waals surface area contributed by atoms with Gasteiger partial charge in [0.25, 0.3) is 3.79 Å². The van der Waals surface area contributed by atoms with Gasteiger partial charge in [0.2, 0.25) is 12.1 Å². The fourth-order valence-corrected chi connectivity index (χ4v) is 3.57. The van der Waals surface area contributed by atoms with Crippen molar-refractivity contribution < 1.29 is 14.4 Å². The molecule has 1 aromatic carbocycles. The first kappa shape index (κ1) is 20.4. The Morgan fingerprint density at radius 1 is 1.24 bits per heavy atom. The molecular weight excluding hydrogens is 385 g/mol. The minimum atomic E-state index is -1.56. The van der Waals surface area contributed by atoms with Gasteiger partial charge < -0.3 is 19.9 Å². The highest BCUT2D eigenvalue weighted by Gasteiger charge is 2.43. The molecule has 0 bridgehead atoms. The second kappa shape index (κ2) is 8.67. The summed E-state index contributed by atoms with van der Waals surface area (Å²) in [5, 5.41) is 2.89. The van der Waals surface area contributed by atoms with Gasteiger partial charge in [-0.05, 0) is 12.1 Å². The summed E-state index contributed by atoms with van der Waals surface area (Å²) in [5.41, 5.74) is 1.06. The Bertz CT molecular complexity index is 585. The molecule has 1 aromatic rings. The van der Waals surface area contributed by atoms with E-state index in [1.165, 1.54) is 0 Å². The van der Waals surface area contributed by atoms with Gasteiger partial charge in [-0.1, -0.05) is 60.8 Å². The number of piperazine rings is 1. The largest absolute Gasteiger partial charge is 0.495 e. The molecule has 0 aromatic heterocycles. The number of ether oxygens (including phenoxy) is 1. The van der Waals surface area contributed by atoms with Gasteiger partial charge in [-0.25, -0.2) is 0 Å². The summed E-state index contributed by atoms with van der Waals surface area (Å²) >= 11 is 18.4. The molecule has 0 saturated carbocycles. The lowest BCUT2D eigenvalue weighted by Crippen LogP contribution is -3.21. The summed E-state index contributed by atoms with van der Waals surface area (Å²) < 4.78 is 3.87. The molecule has 140 valence electrons. The summed E-state index contributed by atoms with van der Waals surface area (Å²) in [7, 11) is 1.67. The van der Waals surface area contributed by atoms with E-state index in [4.69, 9.17) is 39.5 Å². The molecule has 0 aliphatic carbocycles. The Morgan fingerprint density at radius 3 is 2.36 bits per heavy atom. The summed E-state index contributed by atoms with van der Waals surface area (Å²) in [6.45, 7) is 6.69. The zero-order valence-corrected chi connectivity index (χ0v) is 17.0. The summed E-state index contributed by atoms with van der Waals surface area (Å²) in [6, 6.07) is 7.92. The average Bonchev–Trinajstić information content (AvgIpc) is 2.58. The van der Waals surface area contributed by atoms with Gasteiger partial charge in [0.1, 0.15) is 5.75 Å². The Morgan fingerprint density at radius 2 is 1.84 bits per heavy atom. The van der Waals surface area contributed by atoms with E-state index < -0.39 is 9.96 Å². The predicted molar refractivity (Wildman–Crippen MR) is 103 cm³/mol. The van der Waals surface area contributed by atoms with Gasteiger partial charge in [-0.2, -0.15) is 0 Å². The van der Waals surface area contributed by atoms with Crippen molar-refractivity contribution in [3.8, 4) is 5.75 Å². The van der Waals surface area contributed by atoms with Crippen molar-refractivity contribution in [3.63, 3.8) is 0 Å². The van der Waals surface area contributed by atoms with Crippen molar-refractivity contribution in [1.82, 2.24) is 5.32 Å². The van der Waals surface area contributed by atoms with Gasteiger partial charge in [-0.3, -0.25) is 4.79 Å². The highest BCUT2D eigenvalue weighted by molar-refractivity contribution is 6.68. The number of para-hydroxylation sites is 2. The molecule has 1 heterocycles. The monoisotopic (exact) mass is 408 g/mol. The van der Waals surface area contributed by atoms with E-state index in [0.717, 1.165) is 42.5 Å². The van der Waals surface area contributed by atoms with E-state index in [2.05, 4.69) is 10.2 Å². The summed E-state index contributed by atoms with van der Waals surface area (Å²) in [6.07, 6.45) is -0.577. The van der Waals surface area contributed by atoms with Crippen LogP contribution in [0.3, 0.4) is 0 Å². The number of carbonyl (C=O) groups excluding carboxylic acids is 1. The molecule has 1 saturated heterocycles. The van der Waals surface area contributed by atoms with Crippen molar-refractivity contribution in [1.29, 1.82) is 0 Å². The maximum Gasteiger partial charge on any atom is 0.262 e. The lowest BCUT2D eigenvalue weighted by molar-refractivity contribution is -0.927. The molecule has 0 unspecified atom stereocenters. The third kappa shape index (κ3) is 5.30. The lowest BCUT2D eigenvalue weighted by Gasteiger charge is -2.40. The molecule has 1 amide bonds. The smallest absolute Gasteiger partial charge is 0.262 e. The number of rotatable bonds is 5. The highest BCUT2D eigenvalue weighted by atomic mass is 35.6. The fraction of sp³-hybridized carbons (Fsp3) is 0.588. The average molecular weight is 410 g/mol. The first-order valence-electron chi connectivity index (χ1n) is 8.33. The van der Waals surface area contributed by atoms with Gasteiger partial charge in [0.05, 0.1) is 39.0 Å². The number of quaternary nitrogens is 1. The molecule has 5 nitrogen and oxygen atoms in total. The van der Waals surface area contributed by atoms with Crippen molar-refractivity contribution in [3.05, 3.63) is 24.3 Å². The van der Waals surface area contributed by atoms with Crippen molar-refractivity contribution >= 4 is 46.4 Å². The van der Waals surface area contributed by atoms with Crippen LogP contribution in [0.25, 0.3) is 0 Å². The summed E-state index contributed by atoms with van der Waals surface area (Å²) in [4.78, 5) is 15.4. The van der Waals surface area contributed by atoms with Crippen molar-refractivity contribution in [2.45, 2.75) is 23.8 Å². The van der Waals surface area contributed by atoms with Crippen molar-refractivity contribution in [2.24, 2.45) is 5.92 Å². The molecule has 8 heteroatoms. The quantitative estimate of drug-likeness (QED) is 0.730. The SMILES string of the molecule is COc1ccccc1N1CC[NH+]([C@@H](NC(=O)C(C)C)C(Cl)(Cl)Cl)CC1. The Hall–Kier alpha value is -0.880. The lowest BCUT2D eigenvalue weighted by atomic mass is 10.2. The number of hydrogen-bond acceptors (Lipinski definition) is 3. The number of amides is 1. The minimum absolute atomic E-state index is 0.115. The Balaban J connectivity index is 2.06. The van der Waals surface area contributed by atoms with Crippen LogP contribution in [0.4, 0.5) is 5.69 Å². The van der Waals surface area contributed by atoms with E-state index in [-0.39, 0.29) is 11.8 Å². The topological polar surface area (TPSA) is 46.0 Å². The van der Waals surface area contributed by atoms with E-state index in [1.807, 2.05) is 38.1 Å². The van der Waals surface area contributed by atoms with E-state index in [0.29, 0.717) is 0 Å². The Labute approximate surface area is 164 Å². The number of methoxy groups -OCH3 is 1. The van der Waals surface area contributed by atoms with Crippen LogP contribution in [0.15, 0.2) is 24.3 Å². The molecule has 0 radical (unpaired) electrons.